The van der Waals surface area contributed by atoms with Crippen LogP contribution in [0.4, 0.5) is 0 Å². The molecule has 0 unspecified atom stereocenters. The van der Waals surface area contributed by atoms with Gasteiger partial charge >= 0.3 is 5.97 Å². The Morgan fingerprint density at radius 3 is 2.83 bits per heavy atom. The van der Waals surface area contributed by atoms with Gasteiger partial charge in [-0.25, -0.2) is 9.78 Å². The van der Waals surface area contributed by atoms with E-state index in [1.54, 1.807) is 23.6 Å². The number of hydrogen-bond donors (Lipinski definition) is 2. The SMILES string of the molecule is CC(C)c1nc(C(=O)NCc2cccc(OCC(=O)O)c2)cs1. The Balaban J connectivity index is 1.93. The molecule has 0 radical (unpaired) electrons. The Kier molecular flexibility index (Phi) is 5.70. The van der Waals surface area contributed by atoms with Gasteiger partial charge in [0.1, 0.15) is 11.4 Å². The smallest absolute Gasteiger partial charge is 0.341 e. The van der Waals surface area contributed by atoms with Crippen molar-refractivity contribution in [1.82, 2.24) is 10.3 Å². The predicted octanol–water partition coefficient (Wildman–Crippen LogP) is 2.66. The number of carbonyl (C=O) groups is 2. The summed E-state index contributed by atoms with van der Waals surface area (Å²) in [6.07, 6.45) is 0. The maximum atomic E-state index is 12.1. The zero-order valence-corrected chi connectivity index (χ0v) is 13.7. The summed E-state index contributed by atoms with van der Waals surface area (Å²) in [6.45, 7) is 3.98. The summed E-state index contributed by atoms with van der Waals surface area (Å²) in [4.78, 5) is 26.9. The maximum absolute atomic E-state index is 12.1. The van der Waals surface area contributed by atoms with Crippen molar-refractivity contribution in [2.24, 2.45) is 0 Å². The van der Waals surface area contributed by atoms with Gasteiger partial charge in [0.25, 0.3) is 5.91 Å². The summed E-state index contributed by atoms with van der Waals surface area (Å²) in [5, 5.41) is 14.1. The van der Waals surface area contributed by atoms with Crippen LogP contribution in [0.1, 0.15) is 40.8 Å². The molecule has 0 saturated carbocycles. The van der Waals surface area contributed by atoms with Crippen molar-refractivity contribution >= 4 is 23.2 Å². The van der Waals surface area contributed by atoms with E-state index in [-0.39, 0.29) is 5.91 Å². The molecule has 0 bridgehead atoms. The van der Waals surface area contributed by atoms with E-state index in [9.17, 15) is 9.59 Å². The molecule has 1 heterocycles. The number of ether oxygens (including phenoxy) is 1. The number of aliphatic carboxylic acids is 1. The van der Waals surface area contributed by atoms with Crippen LogP contribution in [0, 0.1) is 0 Å². The standard InChI is InChI=1S/C16H18N2O4S/c1-10(2)16-18-13(9-23-16)15(21)17-7-11-4-3-5-12(6-11)22-8-14(19)20/h3-6,9-10H,7-8H2,1-2H3,(H,17,21)(H,19,20). The lowest BCUT2D eigenvalue weighted by Crippen LogP contribution is -2.23. The average Bonchev–Trinajstić information content (AvgIpc) is 3.01. The summed E-state index contributed by atoms with van der Waals surface area (Å²) in [6, 6.07) is 6.94. The number of amides is 1. The second kappa shape index (κ2) is 7.73. The second-order valence-corrected chi connectivity index (χ2v) is 6.13. The lowest BCUT2D eigenvalue weighted by molar-refractivity contribution is -0.139. The highest BCUT2D eigenvalue weighted by Gasteiger charge is 2.12. The molecule has 2 rings (SSSR count). The normalized spacial score (nSPS) is 10.6. The van der Waals surface area contributed by atoms with Crippen LogP contribution in [0.15, 0.2) is 29.6 Å². The molecule has 1 amide bonds. The minimum absolute atomic E-state index is 0.231. The van der Waals surface area contributed by atoms with E-state index in [1.165, 1.54) is 11.3 Å². The number of benzene rings is 1. The lowest BCUT2D eigenvalue weighted by Gasteiger charge is -2.07. The fourth-order valence-electron chi connectivity index (χ4n) is 1.82. The van der Waals surface area contributed by atoms with E-state index in [2.05, 4.69) is 10.3 Å². The molecule has 0 fully saturated rings. The van der Waals surface area contributed by atoms with Gasteiger partial charge in [0.15, 0.2) is 6.61 Å². The molecule has 1 aromatic heterocycles. The molecule has 0 saturated heterocycles. The molecule has 0 spiro atoms. The van der Waals surface area contributed by atoms with Crippen molar-refractivity contribution in [3.63, 3.8) is 0 Å². The second-order valence-electron chi connectivity index (χ2n) is 5.24. The third kappa shape index (κ3) is 5.07. The largest absolute Gasteiger partial charge is 0.482 e. The van der Waals surface area contributed by atoms with E-state index in [0.717, 1.165) is 10.6 Å². The van der Waals surface area contributed by atoms with Crippen molar-refractivity contribution in [3.05, 3.63) is 45.9 Å². The highest BCUT2D eigenvalue weighted by atomic mass is 32.1. The quantitative estimate of drug-likeness (QED) is 0.812. The van der Waals surface area contributed by atoms with Gasteiger partial charge in [-0.15, -0.1) is 11.3 Å². The van der Waals surface area contributed by atoms with Crippen LogP contribution in [0.25, 0.3) is 0 Å². The summed E-state index contributed by atoms with van der Waals surface area (Å²) >= 11 is 1.47. The monoisotopic (exact) mass is 334 g/mol. The van der Waals surface area contributed by atoms with Gasteiger partial charge in [-0.2, -0.15) is 0 Å². The number of aromatic nitrogens is 1. The lowest BCUT2D eigenvalue weighted by atomic mass is 10.2. The Morgan fingerprint density at radius 1 is 1.39 bits per heavy atom. The average molecular weight is 334 g/mol. The van der Waals surface area contributed by atoms with Gasteiger partial charge in [-0.1, -0.05) is 26.0 Å². The van der Waals surface area contributed by atoms with E-state index < -0.39 is 12.6 Å². The van der Waals surface area contributed by atoms with Crippen molar-refractivity contribution in [2.75, 3.05) is 6.61 Å². The van der Waals surface area contributed by atoms with Crippen LogP contribution in [0.2, 0.25) is 0 Å². The first-order valence-corrected chi connectivity index (χ1v) is 8.01. The molecular weight excluding hydrogens is 316 g/mol. The number of hydrogen-bond acceptors (Lipinski definition) is 5. The van der Waals surface area contributed by atoms with Crippen LogP contribution >= 0.6 is 11.3 Å². The number of thiazole rings is 1. The molecule has 1 aromatic carbocycles. The fourth-order valence-corrected chi connectivity index (χ4v) is 2.64. The van der Waals surface area contributed by atoms with Gasteiger partial charge in [-0.05, 0) is 17.7 Å². The maximum Gasteiger partial charge on any atom is 0.341 e. The molecule has 0 aliphatic carbocycles. The van der Waals surface area contributed by atoms with Gasteiger partial charge < -0.3 is 15.2 Å². The van der Waals surface area contributed by atoms with E-state index in [4.69, 9.17) is 9.84 Å². The van der Waals surface area contributed by atoms with Crippen molar-refractivity contribution < 1.29 is 19.4 Å². The number of nitrogens with zero attached hydrogens (tertiary/aromatic N) is 1. The minimum atomic E-state index is -1.03. The molecule has 0 atom stereocenters. The van der Waals surface area contributed by atoms with Gasteiger partial charge in [0.2, 0.25) is 0 Å². The molecule has 122 valence electrons. The molecule has 0 aliphatic heterocycles. The molecule has 2 N–H and O–H groups in total. The van der Waals surface area contributed by atoms with Crippen LogP contribution in [0.5, 0.6) is 5.75 Å². The van der Waals surface area contributed by atoms with Crippen LogP contribution in [-0.2, 0) is 11.3 Å². The summed E-state index contributed by atoms with van der Waals surface area (Å²) in [5.41, 5.74) is 1.23. The highest BCUT2D eigenvalue weighted by molar-refractivity contribution is 7.09. The molecule has 7 heteroatoms. The van der Waals surface area contributed by atoms with Crippen LogP contribution < -0.4 is 10.1 Å². The highest BCUT2D eigenvalue weighted by Crippen LogP contribution is 2.19. The van der Waals surface area contributed by atoms with Gasteiger partial charge in [-0.3, -0.25) is 4.79 Å². The van der Waals surface area contributed by atoms with Crippen molar-refractivity contribution in [3.8, 4) is 5.75 Å². The topological polar surface area (TPSA) is 88.5 Å². The fraction of sp³-hybridized carbons (Fsp3) is 0.312. The Bertz CT molecular complexity index is 697. The minimum Gasteiger partial charge on any atom is -0.482 e. The molecule has 2 aromatic rings. The molecule has 6 nitrogen and oxygen atoms in total. The summed E-state index contributed by atoms with van der Waals surface area (Å²) < 4.78 is 5.11. The number of carboxylic acid groups (broad SMARTS) is 1. The third-order valence-electron chi connectivity index (χ3n) is 2.96. The Labute approximate surface area is 138 Å². The van der Waals surface area contributed by atoms with Crippen LogP contribution in [-0.4, -0.2) is 28.6 Å². The predicted molar refractivity (Wildman–Crippen MR) is 86.9 cm³/mol. The Hall–Kier alpha value is -2.41. The zero-order chi connectivity index (χ0) is 16.8. The first-order valence-electron chi connectivity index (χ1n) is 7.13. The van der Waals surface area contributed by atoms with Gasteiger partial charge in [0, 0.05) is 17.8 Å². The Morgan fingerprint density at radius 2 is 2.17 bits per heavy atom. The van der Waals surface area contributed by atoms with Gasteiger partial charge in [0.05, 0.1) is 5.01 Å². The van der Waals surface area contributed by atoms with E-state index >= 15 is 0 Å². The van der Waals surface area contributed by atoms with Crippen LogP contribution in [0.3, 0.4) is 0 Å². The first-order chi connectivity index (χ1) is 11.0. The number of carbonyl (C=O) groups excluding carboxylic acids is 1. The third-order valence-corrected chi connectivity index (χ3v) is 4.11. The summed E-state index contributed by atoms with van der Waals surface area (Å²) in [7, 11) is 0. The van der Waals surface area contributed by atoms with E-state index in [0.29, 0.717) is 23.9 Å². The van der Waals surface area contributed by atoms with Crippen molar-refractivity contribution in [1.29, 1.82) is 0 Å². The van der Waals surface area contributed by atoms with E-state index in [1.807, 2.05) is 19.9 Å². The number of rotatable bonds is 7. The number of carboxylic acids is 1. The number of nitrogens with one attached hydrogen (secondary N) is 1. The molecular formula is C16H18N2O4S. The molecule has 0 aliphatic rings. The zero-order valence-electron chi connectivity index (χ0n) is 12.9. The summed E-state index contributed by atoms with van der Waals surface area (Å²) in [5.74, 6) is -0.516. The molecule has 23 heavy (non-hydrogen) atoms. The van der Waals surface area contributed by atoms with Crippen molar-refractivity contribution in [2.45, 2.75) is 26.3 Å². The first kappa shape index (κ1) is 17.0.